The average molecular weight is 742 g/mol. The van der Waals surface area contributed by atoms with Gasteiger partial charge in [0.25, 0.3) is 0 Å². The van der Waals surface area contributed by atoms with Gasteiger partial charge in [-0.25, -0.2) is 19.9 Å². The standard InChI is InChI=1S/3C6H7N.3C5H6N2.6C2H6/c1-6-2-4-7-5-3-6;1-6-3-2-4-7-5-6;1-6-4-2-3-5-7-6;1-5-4-6-2-3-7-5;1-5-2-3-6-4-7-5;1-5-6-3-2-4-7-5;6*1-2/h3*2-5H,1H3;3*2-4H,1H3;6*1-2H3. The van der Waals surface area contributed by atoms with Crippen LogP contribution < -0.4 is 0 Å². The molecule has 6 heterocycles. The Kier molecular flexibility index (Phi) is 64.2. The van der Waals surface area contributed by atoms with Crippen molar-refractivity contribution in [3.8, 4) is 0 Å². The summed E-state index contributed by atoms with van der Waals surface area (Å²) in [6.45, 7) is 35.7. The Morgan fingerprint density at radius 3 is 1.02 bits per heavy atom. The summed E-state index contributed by atoms with van der Waals surface area (Å²) < 4.78 is 0. The normalized spacial score (nSPS) is 7.44. The monoisotopic (exact) mass is 742 g/mol. The molecular weight excluding hydrogens is 667 g/mol. The lowest BCUT2D eigenvalue weighted by molar-refractivity contribution is 1.05. The van der Waals surface area contributed by atoms with E-state index in [-0.39, 0.29) is 0 Å². The summed E-state index contributed by atoms with van der Waals surface area (Å²) in [7, 11) is 0. The van der Waals surface area contributed by atoms with Gasteiger partial charge in [0.05, 0.1) is 5.69 Å². The summed E-state index contributed by atoms with van der Waals surface area (Å²) in [5.74, 6) is 0.822. The molecule has 0 saturated heterocycles. The van der Waals surface area contributed by atoms with E-state index >= 15 is 0 Å². The van der Waals surface area contributed by atoms with Crippen molar-refractivity contribution in [3.05, 3.63) is 163 Å². The van der Waals surface area contributed by atoms with Crippen molar-refractivity contribution in [1.29, 1.82) is 0 Å². The summed E-state index contributed by atoms with van der Waals surface area (Å²) in [5, 5.41) is 0. The highest BCUT2D eigenvalue weighted by Gasteiger charge is 1.77. The number of hydrogen-bond donors (Lipinski definition) is 0. The molecule has 6 aromatic rings. The Morgan fingerprint density at radius 2 is 0.796 bits per heavy atom. The van der Waals surface area contributed by atoms with E-state index in [1.165, 1.54) is 17.5 Å². The number of aryl methyl sites for hydroxylation is 6. The molecule has 0 unspecified atom stereocenters. The number of pyridine rings is 3. The third-order valence-corrected chi connectivity index (χ3v) is 4.59. The molecule has 0 aliphatic rings. The minimum atomic E-state index is 0.822. The molecule has 0 fully saturated rings. The molecule has 0 atom stereocenters. The van der Waals surface area contributed by atoms with Crippen LogP contribution in [0.25, 0.3) is 0 Å². The van der Waals surface area contributed by atoms with E-state index in [4.69, 9.17) is 0 Å². The van der Waals surface area contributed by atoms with Crippen molar-refractivity contribution in [1.82, 2.24) is 44.9 Å². The highest BCUT2D eigenvalue weighted by Crippen LogP contribution is 1.89. The van der Waals surface area contributed by atoms with E-state index in [1.807, 2.05) is 179 Å². The number of rotatable bonds is 0. The van der Waals surface area contributed by atoms with Crippen molar-refractivity contribution in [2.24, 2.45) is 0 Å². The first-order chi connectivity index (χ1) is 26.4. The number of aromatic nitrogens is 9. The van der Waals surface area contributed by atoms with Crippen LogP contribution in [-0.4, -0.2) is 44.9 Å². The first-order valence-corrected chi connectivity index (χ1v) is 19.2. The van der Waals surface area contributed by atoms with Gasteiger partial charge in [-0.1, -0.05) is 95.2 Å². The third kappa shape index (κ3) is 53.5. The molecule has 0 spiro atoms. The fraction of sp³-hybridized carbons (Fsp3) is 0.400. The Morgan fingerprint density at radius 1 is 0.296 bits per heavy atom. The maximum Gasteiger partial charge on any atom is 0.125 e. The van der Waals surface area contributed by atoms with Crippen molar-refractivity contribution in [2.75, 3.05) is 0 Å². The predicted octanol–water partition coefficient (Wildman–Crippen LogP) is 12.7. The Hall–Kier alpha value is -5.31. The second-order valence-corrected chi connectivity index (χ2v) is 8.52. The lowest BCUT2D eigenvalue weighted by atomic mass is 10.3. The van der Waals surface area contributed by atoms with E-state index in [1.54, 1.807) is 68.0 Å². The van der Waals surface area contributed by atoms with Gasteiger partial charge in [-0.2, -0.15) is 0 Å². The zero-order valence-electron chi connectivity index (χ0n) is 37.1. The zero-order valence-corrected chi connectivity index (χ0v) is 37.1. The van der Waals surface area contributed by atoms with E-state index in [0.29, 0.717) is 0 Å². The molecule has 300 valence electrons. The Balaban J connectivity index is -0.000000121. The van der Waals surface area contributed by atoms with Gasteiger partial charge in [-0.15, -0.1) is 0 Å². The van der Waals surface area contributed by atoms with Crippen LogP contribution in [0.2, 0.25) is 0 Å². The second-order valence-electron chi connectivity index (χ2n) is 8.52. The maximum atomic E-state index is 3.98. The summed E-state index contributed by atoms with van der Waals surface area (Å²) in [6.07, 6.45) is 20.7. The lowest BCUT2D eigenvalue weighted by Crippen LogP contribution is -1.80. The van der Waals surface area contributed by atoms with Gasteiger partial charge in [0, 0.05) is 79.6 Å². The molecule has 6 rings (SSSR count). The SMILES string of the molecule is CC.CC.CC.CC.CC.CC.Cc1ccccn1.Cc1cccnc1.Cc1ccncc1.Cc1ccncn1.Cc1cnccn1.Cc1ncccn1. The van der Waals surface area contributed by atoms with Gasteiger partial charge in [-0.3, -0.25) is 24.9 Å². The second kappa shape index (κ2) is 57.0. The lowest BCUT2D eigenvalue weighted by Gasteiger charge is -1.82. The fourth-order valence-corrected chi connectivity index (χ4v) is 2.43. The molecule has 0 N–H and O–H groups in total. The first-order valence-electron chi connectivity index (χ1n) is 19.2. The third-order valence-electron chi connectivity index (χ3n) is 4.59. The molecule has 6 aromatic heterocycles. The molecule has 0 saturated carbocycles. The van der Waals surface area contributed by atoms with Crippen LogP contribution >= 0.6 is 0 Å². The zero-order chi connectivity index (χ0) is 42.7. The van der Waals surface area contributed by atoms with Gasteiger partial charge in [0.15, 0.2) is 0 Å². The first kappa shape index (κ1) is 60.8. The van der Waals surface area contributed by atoms with Gasteiger partial charge in [0.2, 0.25) is 0 Å². The van der Waals surface area contributed by atoms with Gasteiger partial charge < -0.3 is 0 Å². The smallest absolute Gasteiger partial charge is 0.125 e. The van der Waals surface area contributed by atoms with Crippen molar-refractivity contribution in [3.63, 3.8) is 0 Å². The van der Waals surface area contributed by atoms with Crippen molar-refractivity contribution in [2.45, 2.75) is 125 Å². The number of hydrogen-bond acceptors (Lipinski definition) is 9. The molecule has 0 aromatic carbocycles. The highest BCUT2D eigenvalue weighted by atomic mass is 14.8. The summed E-state index contributed by atoms with van der Waals surface area (Å²) in [5.41, 5.74) is 5.51. The van der Waals surface area contributed by atoms with Gasteiger partial charge in [0.1, 0.15) is 12.2 Å². The fourth-order valence-electron chi connectivity index (χ4n) is 2.43. The number of nitrogens with zero attached hydrogens (tertiary/aromatic N) is 9. The maximum absolute atomic E-state index is 3.98. The minimum Gasteiger partial charge on any atom is -0.265 e. The van der Waals surface area contributed by atoms with Crippen molar-refractivity contribution < 1.29 is 0 Å². The minimum absolute atomic E-state index is 0.822. The van der Waals surface area contributed by atoms with E-state index in [9.17, 15) is 0 Å². The van der Waals surface area contributed by atoms with E-state index in [2.05, 4.69) is 44.9 Å². The molecule has 0 radical (unpaired) electrons. The average Bonchev–Trinajstić information content (AvgIpc) is 3.25. The Labute approximate surface area is 331 Å². The molecule has 0 amide bonds. The molecule has 0 aliphatic heterocycles. The van der Waals surface area contributed by atoms with Crippen LogP contribution in [0.5, 0.6) is 0 Å². The predicted molar refractivity (Wildman–Crippen MR) is 235 cm³/mol. The van der Waals surface area contributed by atoms with Crippen LogP contribution in [0.1, 0.15) is 117 Å². The molecular formula is C45H75N9. The highest BCUT2D eigenvalue weighted by molar-refractivity contribution is 5.06. The van der Waals surface area contributed by atoms with Gasteiger partial charge >= 0.3 is 0 Å². The topological polar surface area (TPSA) is 116 Å². The molecule has 9 nitrogen and oxygen atoms in total. The largest absolute Gasteiger partial charge is 0.265 e. The molecule has 54 heavy (non-hydrogen) atoms. The van der Waals surface area contributed by atoms with E-state index in [0.717, 1.165) is 22.9 Å². The van der Waals surface area contributed by atoms with Crippen LogP contribution in [0, 0.1) is 41.5 Å². The van der Waals surface area contributed by atoms with Crippen LogP contribution in [0.15, 0.2) is 129 Å². The van der Waals surface area contributed by atoms with E-state index < -0.39 is 0 Å². The molecule has 0 bridgehead atoms. The van der Waals surface area contributed by atoms with Crippen LogP contribution in [0.3, 0.4) is 0 Å². The Bertz CT molecular complexity index is 1110. The summed E-state index contributed by atoms with van der Waals surface area (Å²) in [4.78, 5) is 34.8. The summed E-state index contributed by atoms with van der Waals surface area (Å²) in [6, 6.07) is 17.4. The quantitative estimate of drug-likeness (QED) is 0.150. The molecule has 0 aliphatic carbocycles. The molecule has 9 heteroatoms. The summed E-state index contributed by atoms with van der Waals surface area (Å²) >= 11 is 0. The van der Waals surface area contributed by atoms with Crippen molar-refractivity contribution >= 4 is 0 Å². The van der Waals surface area contributed by atoms with Crippen LogP contribution in [-0.2, 0) is 0 Å². The van der Waals surface area contributed by atoms with Crippen LogP contribution in [0.4, 0.5) is 0 Å². The van der Waals surface area contributed by atoms with Gasteiger partial charge in [-0.05, 0) is 95.1 Å².